The molecule has 3 aromatic rings. The van der Waals surface area contributed by atoms with E-state index in [0.29, 0.717) is 5.69 Å². The lowest BCUT2D eigenvalue weighted by Gasteiger charge is -2.15. The maximum absolute atomic E-state index is 13.0. The number of benzene rings is 2. The number of pyridine rings is 1. The first-order chi connectivity index (χ1) is 13.9. The van der Waals surface area contributed by atoms with Gasteiger partial charge in [-0.25, -0.2) is 4.79 Å². The Balaban J connectivity index is 1.78. The number of methoxy groups -OCH3 is 1. The lowest BCUT2D eigenvalue weighted by atomic mass is 10.2. The van der Waals surface area contributed by atoms with E-state index in [1.165, 1.54) is 18.9 Å². The van der Waals surface area contributed by atoms with Crippen LogP contribution in [0, 0.1) is 0 Å². The normalized spacial score (nSPS) is 11.0. The highest BCUT2D eigenvalue weighted by Crippen LogP contribution is 2.36. The molecule has 5 nitrogen and oxygen atoms in total. The van der Waals surface area contributed by atoms with Gasteiger partial charge in [-0.2, -0.15) is 13.2 Å². The minimum Gasteiger partial charge on any atom is -0.495 e. The van der Waals surface area contributed by atoms with Crippen molar-refractivity contribution >= 4 is 29.2 Å². The summed E-state index contributed by atoms with van der Waals surface area (Å²) in [5.41, 5.74) is -0.459. The fourth-order valence-corrected chi connectivity index (χ4v) is 3.34. The molecule has 29 heavy (non-hydrogen) atoms. The van der Waals surface area contributed by atoms with Gasteiger partial charge in [0.05, 0.1) is 24.0 Å². The van der Waals surface area contributed by atoms with E-state index < -0.39 is 17.8 Å². The van der Waals surface area contributed by atoms with E-state index in [2.05, 4.69) is 15.6 Å². The molecule has 0 aliphatic heterocycles. The number of nitrogens with one attached hydrogen (secondary N) is 2. The molecule has 2 aromatic carbocycles. The molecule has 0 aliphatic carbocycles. The molecule has 0 fully saturated rings. The maximum atomic E-state index is 13.0. The predicted molar refractivity (Wildman–Crippen MR) is 105 cm³/mol. The summed E-state index contributed by atoms with van der Waals surface area (Å²) < 4.78 is 44.0. The van der Waals surface area contributed by atoms with Crippen molar-refractivity contribution in [1.82, 2.24) is 4.98 Å². The first-order valence-corrected chi connectivity index (χ1v) is 9.18. The highest BCUT2D eigenvalue weighted by molar-refractivity contribution is 7.99. The maximum Gasteiger partial charge on any atom is 0.416 e. The van der Waals surface area contributed by atoms with Crippen LogP contribution < -0.4 is 15.4 Å². The molecule has 0 bridgehead atoms. The van der Waals surface area contributed by atoms with E-state index in [1.807, 2.05) is 24.3 Å². The second kappa shape index (κ2) is 8.87. The molecule has 0 spiro atoms. The molecule has 1 aromatic heterocycles. The number of alkyl halides is 3. The summed E-state index contributed by atoms with van der Waals surface area (Å²) in [5.74, 6) is 0.118. The number of para-hydroxylation sites is 1. The van der Waals surface area contributed by atoms with Crippen molar-refractivity contribution in [3.8, 4) is 5.75 Å². The molecular formula is C20H16F3N3O2S. The first kappa shape index (κ1) is 20.5. The largest absolute Gasteiger partial charge is 0.495 e. The number of nitrogens with zero attached hydrogens (tertiary/aromatic N) is 1. The van der Waals surface area contributed by atoms with Gasteiger partial charge in [0.2, 0.25) is 0 Å². The number of rotatable bonds is 5. The summed E-state index contributed by atoms with van der Waals surface area (Å²) >= 11 is 1.42. The summed E-state index contributed by atoms with van der Waals surface area (Å²) in [6.07, 6.45) is -1.22. The Labute approximate surface area is 169 Å². The molecule has 0 saturated heterocycles. The Morgan fingerprint density at radius 1 is 1.00 bits per heavy atom. The Kier molecular flexibility index (Phi) is 6.28. The zero-order valence-corrected chi connectivity index (χ0v) is 16.0. The van der Waals surface area contributed by atoms with Crippen LogP contribution in [-0.4, -0.2) is 18.1 Å². The average Bonchev–Trinajstić information content (AvgIpc) is 2.69. The van der Waals surface area contributed by atoms with Crippen molar-refractivity contribution in [1.29, 1.82) is 0 Å². The second-order valence-electron chi connectivity index (χ2n) is 5.77. The van der Waals surface area contributed by atoms with Crippen molar-refractivity contribution in [2.45, 2.75) is 16.0 Å². The van der Waals surface area contributed by atoms with Crippen LogP contribution in [-0.2, 0) is 6.18 Å². The van der Waals surface area contributed by atoms with Gasteiger partial charge in [-0.15, -0.1) is 0 Å². The van der Waals surface area contributed by atoms with Gasteiger partial charge >= 0.3 is 12.2 Å². The second-order valence-corrected chi connectivity index (χ2v) is 6.89. The number of halogens is 3. The van der Waals surface area contributed by atoms with E-state index in [0.717, 1.165) is 28.0 Å². The lowest BCUT2D eigenvalue weighted by Crippen LogP contribution is -2.20. The van der Waals surface area contributed by atoms with E-state index in [9.17, 15) is 18.0 Å². The van der Waals surface area contributed by atoms with E-state index in [1.54, 1.807) is 24.5 Å². The highest BCUT2D eigenvalue weighted by atomic mass is 32.2. The van der Waals surface area contributed by atoms with Gasteiger partial charge in [-0.05, 0) is 42.5 Å². The summed E-state index contributed by atoms with van der Waals surface area (Å²) in [5, 5.41) is 5.08. The van der Waals surface area contributed by atoms with Crippen molar-refractivity contribution < 1.29 is 22.7 Å². The number of carbonyl (C=O) groups excluding carboxylic acids is 1. The third-order valence-corrected chi connectivity index (χ3v) is 4.87. The number of ether oxygens (including phenoxy) is 1. The van der Waals surface area contributed by atoms with Crippen molar-refractivity contribution in [3.05, 3.63) is 72.6 Å². The fourth-order valence-electron chi connectivity index (χ4n) is 2.45. The van der Waals surface area contributed by atoms with Crippen LogP contribution in [0.1, 0.15) is 5.56 Å². The molecular weight excluding hydrogens is 403 g/mol. The number of carbonyl (C=O) groups is 1. The van der Waals surface area contributed by atoms with Gasteiger partial charge in [-0.3, -0.25) is 4.98 Å². The number of urea groups is 1. The Morgan fingerprint density at radius 2 is 1.69 bits per heavy atom. The first-order valence-electron chi connectivity index (χ1n) is 8.37. The van der Waals surface area contributed by atoms with Gasteiger partial charge in [0.1, 0.15) is 5.75 Å². The zero-order valence-electron chi connectivity index (χ0n) is 15.2. The van der Waals surface area contributed by atoms with Crippen molar-refractivity contribution in [2.75, 3.05) is 17.7 Å². The topological polar surface area (TPSA) is 63.2 Å². The van der Waals surface area contributed by atoms with Crippen LogP contribution in [0.15, 0.2) is 76.8 Å². The quantitative estimate of drug-likeness (QED) is 0.540. The minimum absolute atomic E-state index is 0.0842. The summed E-state index contributed by atoms with van der Waals surface area (Å²) in [6.45, 7) is 0. The Hall–Kier alpha value is -3.20. The highest BCUT2D eigenvalue weighted by Gasteiger charge is 2.31. The molecule has 3 rings (SSSR count). The summed E-state index contributed by atoms with van der Waals surface area (Å²) in [4.78, 5) is 18.1. The molecule has 0 atom stereocenters. The number of hydrogen-bond acceptors (Lipinski definition) is 4. The van der Waals surface area contributed by atoms with Gasteiger partial charge < -0.3 is 15.4 Å². The number of hydrogen-bond donors (Lipinski definition) is 2. The number of amides is 2. The molecule has 0 unspecified atom stereocenters. The van der Waals surface area contributed by atoms with Crippen LogP contribution in [0.5, 0.6) is 5.75 Å². The zero-order chi connectivity index (χ0) is 20.9. The van der Waals surface area contributed by atoms with Crippen molar-refractivity contribution in [2.24, 2.45) is 0 Å². The fraction of sp³-hybridized carbons (Fsp3) is 0.100. The van der Waals surface area contributed by atoms with Crippen molar-refractivity contribution in [3.63, 3.8) is 0 Å². The molecule has 0 saturated carbocycles. The van der Waals surface area contributed by atoms with Crippen LogP contribution >= 0.6 is 11.8 Å². The van der Waals surface area contributed by atoms with Crippen LogP contribution in [0.3, 0.4) is 0 Å². The molecule has 2 N–H and O–H groups in total. The van der Waals surface area contributed by atoms with Gasteiger partial charge in [0.15, 0.2) is 0 Å². The van der Waals surface area contributed by atoms with E-state index in [4.69, 9.17) is 4.74 Å². The summed E-state index contributed by atoms with van der Waals surface area (Å²) in [7, 11) is 1.31. The molecule has 150 valence electrons. The monoisotopic (exact) mass is 419 g/mol. The third-order valence-electron chi connectivity index (χ3n) is 3.79. The van der Waals surface area contributed by atoms with Crippen LogP contribution in [0.4, 0.5) is 29.3 Å². The van der Waals surface area contributed by atoms with E-state index in [-0.39, 0.29) is 11.4 Å². The molecule has 1 heterocycles. The SMILES string of the molecule is COc1ccc(C(F)(F)F)cc1NC(=O)Nc1ccccc1Sc1ccncc1. The number of anilines is 2. The minimum atomic E-state index is -4.53. The molecule has 2 amide bonds. The predicted octanol–water partition coefficient (Wildman–Crippen LogP) is 5.90. The number of aromatic nitrogens is 1. The standard InChI is InChI=1S/C20H16F3N3O2S/c1-28-17-7-6-13(20(21,22)23)12-16(17)26-19(27)25-15-4-2-3-5-18(15)29-14-8-10-24-11-9-14/h2-12H,1H3,(H2,25,26,27). The molecule has 0 aliphatic rings. The summed E-state index contributed by atoms with van der Waals surface area (Å²) in [6, 6.07) is 12.9. The van der Waals surface area contributed by atoms with Crippen LogP contribution in [0.25, 0.3) is 0 Å². The Morgan fingerprint density at radius 3 is 2.38 bits per heavy atom. The third kappa shape index (κ3) is 5.41. The molecule has 0 radical (unpaired) electrons. The lowest BCUT2D eigenvalue weighted by molar-refractivity contribution is -0.137. The van der Waals surface area contributed by atoms with Crippen LogP contribution in [0.2, 0.25) is 0 Å². The molecule has 9 heteroatoms. The van der Waals surface area contributed by atoms with Gasteiger partial charge in [-0.1, -0.05) is 23.9 Å². The van der Waals surface area contributed by atoms with E-state index >= 15 is 0 Å². The average molecular weight is 419 g/mol. The van der Waals surface area contributed by atoms with Gasteiger partial charge in [0, 0.05) is 22.2 Å². The van der Waals surface area contributed by atoms with Gasteiger partial charge in [0.25, 0.3) is 0 Å². The Bertz CT molecular complexity index is 998. The smallest absolute Gasteiger partial charge is 0.416 e.